The zero-order valence-electron chi connectivity index (χ0n) is 8.19. The molecule has 0 spiro atoms. The second kappa shape index (κ2) is 4.13. The lowest BCUT2D eigenvalue weighted by atomic mass is 10.1. The van der Waals surface area contributed by atoms with Crippen molar-refractivity contribution in [1.82, 2.24) is 0 Å². The molecule has 14 heavy (non-hydrogen) atoms. The van der Waals surface area contributed by atoms with Crippen molar-refractivity contribution in [2.45, 2.75) is 13.3 Å². The summed E-state index contributed by atoms with van der Waals surface area (Å²) in [4.78, 5) is 4.16. The van der Waals surface area contributed by atoms with Crippen LogP contribution in [0.3, 0.4) is 0 Å². The topological polar surface area (TPSA) is 30.8 Å². The second-order valence-electron chi connectivity index (χ2n) is 3.10. The molecule has 3 heteroatoms. The van der Waals surface area contributed by atoms with Crippen molar-refractivity contribution >= 4 is 6.21 Å². The van der Waals surface area contributed by atoms with E-state index < -0.39 is 0 Å². The van der Waals surface area contributed by atoms with Crippen LogP contribution in [0, 0.1) is 0 Å². The smallest absolute Gasteiger partial charge is 0.231 e. The van der Waals surface area contributed by atoms with Crippen molar-refractivity contribution in [3.05, 3.63) is 23.8 Å². The van der Waals surface area contributed by atoms with Crippen LogP contribution in [0.5, 0.6) is 11.5 Å². The van der Waals surface area contributed by atoms with Crippen LogP contribution in [0.25, 0.3) is 0 Å². The Morgan fingerprint density at radius 2 is 2.21 bits per heavy atom. The molecule has 0 saturated carbocycles. The number of aliphatic imine (C=N–C) groups is 1. The van der Waals surface area contributed by atoms with E-state index in [1.807, 2.05) is 25.3 Å². The average Bonchev–Trinajstić information content (AvgIpc) is 2.65. The Morgan fingerprint density at radius 3 is 3.07 bits per heavy atom. The normalized spacial score (nSPS) is 13.8. The fraction of sp³-hybridized carbons (Fsp3) is 0.364. The molecule has 0 amide bonds. The van der Waals surface area contributed by atoms with Crippen molar-refractivity contribution in [2.24, 2.45) is 4.99 Å². The van der Waals surface area contributed by atoms with E-state index in [1.54, 1.807) is 0 Å². The van der Waals surface area contributed by atoms with Gasteiger partial charge in [-0.15, -0.1) is 0 Å². The van der Waals surface area contributed by atoms with E-state index in [1.165, 1.54) is 5.56 Å². The molecular weight excluding hydrogens is 178 g/mol. The summed E-state index contributed by atoms with van der Waals surface area (Å²) < 4.78 is 10.5. The second-order valence-corrected chi connectivity index (χ2v) is 3.10. The molecule has 0 fully saturated rings. The molecule has 1 aliphatic rings. The van der Waals surface area contributed by atoms with Crippen molar-refractivity contribution in [3.8, 4) is 11.5 Å². The molecule has 0 atom stereocenters. The summed E-state index contributed by atoms with van der Waals surface area (Å²) in [5.41, 5.74) is 1.24. The van der Waals surface area contributed by atoms with Gasteiger partial charge in [0.15, 0.2) is 11.5 Å². The lowest BCUT2D eigenvalue weighted by Crippen LogP contribution is -1.93. The molecule has 0 N–H and O–H groups in total. The van der Waals surface area contributed by atoms with E-state index in [4.69, 9.17) is 9.47 Å². The van der Waals surface area contributed by atoms with Crippen molar-refractivity contribution in [3.63, 3.8) is 0 Å². The Morgan fingerprint density at radius 1 is 1.36 bits per heavy atom. The summed E-state index contributed by atoms with van der Waals surface area (Å²) >= 11 is 0. The molecule has 2 rings (SSSR count). The third kappa shape index (κ3) is 1.87. The summed E-state index contributed by atoms with van der Waals surface area (Å²) in [6.45, 7) is 3.10. The van der Waals surface area contributed by atoms with E-state index in [9.17, 15) is 0 Å². The number of benzene rings is 1. The summed E-state index contributed by atoms with van der Waals surface area (Å²) in [5.74, 6) is 1.69. The Labute approximate surface area is 83.4 Å². The fourth-order valence-corrected chi connectivity index (χ4v) is 1.42. The Balaban J connectivity index is 2.05. The van der Waals surface area contributed by atoms with Crippen LogP contribution < -0.4 is 9.47 Å². The van der Waals surface area contributed by atoms with Crippen LogP contribution in [0.4, 0.5) is 0 Å². The minimum atomic E-state index is 0.339. The summed E-state index contributed by atoms with van der Waals surface area (Å²) in [6.07, 6.45) is 2.77. The van der Waals surface area contributed by atoms with E-state index >= 15 is 0 Å². The molecule has 0 bridgehead atoms. The minimum Gasteiger partial charge on any atom is -0.454 e. The molecule has 1 heterocycles. The number of rotatable bonds is 3. The molecule has 0 radical (unpaired) electrons. The van der Waals surface area contributed by atoms with Crippen LogP contribution in [0.15, 0.2) is 23.2 Å². The lowest BCUT2D eigenvalue weighted by Gasteiger charge is -2.00. The molecule has 1 aromatic carbocycles. The molecule has 0 unspecified atom stereocenters. The first-order chi connectivity index (χ1) is 6.90. The van der Waals surface area contributed by atoms with Gasteiger partial charge in [0.2, 0.25) is 6.79 Å². The number of ether oxygens (including phenoxy) is 2. The van der Waals surface area contributed by atoms with Crippen LogP contribution in [-0.2, 0) is 6.42 Å². The highest BCUT2D eigenvalue weighted by atomic mass is 16.7. The number of hydrogen-bond acceptors (Lipinski definition) is 3. The maximum Gasteiger partial charge on any atom is 0.231 e. The largest absolute Gasteiger partial charge is 0.454 e. The highest BCUT2D eigenvalue weighted by Crippen LogP contribution is 2.32. The van der Waals surface area contributed by atoms with Gasteiger partial charge in [0.1, 0.15) is 0 Å². The quantitative estimate of drug-likeness (QED) is 0.684. The van der Waals surface area contributed by atoms with Gasteiger partial charge in [-0.3, -0.25) is 4.99 Å². The van der Waals surface area contributed by atoms with Gasteiger partial charge >= 0.3 is 0 Å². The van der Waals surface area contributed by atoms with Gasteiger partial charge in [-0.25, -0.2) is 0 Å². The van der Waals surface area contributed by atoms with Gasteiger partial charge in [0.05, 0.1) is 0 Å². The molecule has 0 aromatic heterocycles. The predicted molar refractivity (Wildman–Crippen MR) is 55.3 cm³/mol. The van der Waals surface area contributed by atoms with E-state index in [2.05, 4.69) is 11.1 Å². The van der Waals surface area contributed by atoms with Crippen molar-refractivity contribution in [1.29, 1.82) is 0 Å². The van der Waals surface area contributed by atoms with E-state index in [-0.39, 0.29) is 0 Å². The molecule has 1 aromatic rings. The van der Waals surface area contributed by atoms with Gasteiger partial charge < -0.3 is 9.47 Å². The molecule has 0 saturated heterocycles. The SMILES string of the molecule is CC=NCCc1ccc2c(c1)OCO2. The molecule has 3 nitrogen and oxygen atoms in total. The van der Waals surface area contributed by atoms with E-state index in [0.717, 1.165) is 24.5 Å². The van der Waals surface area contributed by atoms with Crippen LogP contribution >= 0.6 is 0 Å². The zero-order chi connectivity index (χ0) is 9.80. The molecule has 74 valence electrons. The number of nitrogens with zero attached hydrogens (tertiary/aromatic N) is 1. The first-order valence-electron chi connectivity index (χ1n) is 4.73. The Kier molecular flexibility index (Phi) is 2.68. The van der Waals surface area contributed by atoms with Gasteiger partial charge in [0.25, 0.3) is 0 Å². The number of hydrogen-bond donors (Lipinski definition) is 0. The minimum absolute atomic E-state index is 0.339. The van der Waals surface area contributed by atoms with Gasteiger partial charge in [0, 0.05) is 6.54 Å². The van der Waals surface area contributed by atoms with Crippen LogP contribution in [0.2, 0.25) is 0 Å². The zero-order valence-corrected chi connectivity index (χ0v) is 8.19. The summed E-state index contributed by atoms with van der Waals surface area (Å²) in [5, 5.41) is 0. The molecule has 0 aliphatic carbocycles. The maximum atomic E-state index is 5.28. The lowest BCUT2D eigenvalue weighted by molar-refractivity contribution is 0.174. The standard InChI is InChI=1S/C11H13NO2/c1-2-12-6-5-9-3-4-10-11(7-9)14-8-13-10/h2-4,7H,5-6,8H2,1H3. The van der Waals surface area contributed by atoms with Gasteiger partial charge in [-0.05, 0) is 37.3 Å². The van der Waals surface area contributed by atoms with Gasteiger partial charge in [-0.1, -0.05) is 6.07 Å². The van der Waals surface area contributed by atoms with Gasteiger partial charge in [-0.2, -0.15) is 0 Å². The third-order valence-electron chi connectivity index (χ3n) is 2.15. The summed E-state index contributed by atoms with van der Waals surface area (Å²) in [7, 11) is 0. The van der Waals surface area contributed by atoms with Crippen molar-refractivity contribution in [2.75, 3.05) is 13.3 Å². The molecular formula is C11H13NO2. The molecule has 1 aliphatic heterocycles. The first kappa shape index (κ1) is 9.06. The van der Waals surface area contributed by atoms with E-state index in [0.29, 0.717) is 6.79 Å². The highest BCUT2D eigenvalue weighted by molar-refractivity contribution is 5.53. The monoisotopic (exact) mass is 191 g/mol. The number of fused-ring (bicyclic) bond motifs is 1. The Bertz CT molecular complexity index is 347. The van der Waals surface area contributed by atoms with Crippen molar-refractivity contribution < 1.29 is 9.47 Å². The van der Waals surface area contributed by atoms with Crippen LogP contribution in [0.1, 0.15) is 12.5 Å². The average molecular weight is 191 g/mol. The maximum absolute atomic E-state index is 5.28. The third-order valence-corrected chi connectivity index (χ3v) is 2.15. The summed E-state index contributed by atoms with van der Waals surface area (Å²) in [6, 6.07) is 6.03. The van der Waals surface area contributed by atoms with Crippen LogP contribution in [-0.4, -0.2) is 19.6 Å². The predicted octanol–water partition coefficient (Wildman–Crippen LogP) is 2.05. The first-order valence-corrected chi connectivity index (χ1v) is 4.73. The Hall–Kier alpha value is -1.51. The highest BCUT2D eigenvalue weighted by Gasteiger charge is 2.12. The fourth-order valence-electron chi connectivity index (χ4n) is 1.42.